The van der Waals surface area contributed by atoms with Crippen LogP contribution in [0.4, 0.5) is 5.69 Å². The zero-order valence-corrected chi connectivity index (χ0v) is 31.4. The Hall–Kier alpha value is -7.63. The van der Waals surface area contributed by atoms with Gasteiger partial charge >= 0.3 is 0 Å². The second kappa shape index (κ2) is 14.2. The number of hydrogen-bond acceptors (Lipinski definition) is 3. The molecule has 0 N–H and O–H groups in total. The normalized spacial score (nSPS) is 11.6. The van der Waals surface area contributed by atoms with E-state index in [1.54, 1.807) is 0 Å². The Labute approximate surface area is 331 Å². The Balaban J connectivity index is 1.15. The van der Waals surface area contributed by atoms with Crippen LogP contribution in [0, 0.1) is 0 Å². The lowest BCUT2D eigenvalue weighted by Crippen LogP contribution is -1.98. The van der Waals surface area contributed by atoms with Gasteiger partial charge in [-0.15, -0.1) is 0 Å². The smallest absolute Gasteiger partial charge is 0.160 e. The van der Waals surface area contributed by atoms with Gasteiger partial charge in [0.2, 0.25) is 0 Å². The average molecular weight is 732 g/mol. The fourth-order valence-corrected chi connectivity index (χ4v) is 8.16. The number of allylic oxidation sites excluding steroid dienone is 1. The number of aliphatic imine (C=N–C) groups is 1. The molecular formula is C52H37N5. The maximum atomic E-state index is 5.08. The van der Waals surface area contributed by atoms with E-state index in [0.29, 0.717) is 5.82 Å². The number of para-hydroxylation sites is 3. The van der Waals surface area contributed by atoms with Crippen LogP contribution in [0.2, 0.25) is 0 Å². The van der Waals surface area contributed by atoms with E-state index in [1.807, 2.05) is 43.3 Å². The van der Waals surface area contributed by atoms with E-state index in [1.165, 1.54) is 21.8 Å². The molecule has 0 amide bonds. The van der Waals surface area contributed by atoms with Crippen molar-refractivity contribution in [3.63, 3.8) is 0 Å². The topological polar surface area (TPSA) is 48.0 Å². The molecule has 5 nitrogen and oxygen atoms in total. The molecule has 270 valence electrons. The van der Waals surface area contributed by atoms with E-state index in [0.717, 1.165) is 72.9 Å². The average Bonchev–Trinajstić information content (AvgIpc) is 3.79. The van der Waals surface area contributed by atoms with Gasteiger partial charge in [-0.05, 0) is 73.8 Å². The summed E-state index contributed by atoms with van der Waals surface area (Å²) >= 11 is 0. The van der Waals surface area contributed by atoms with E-state index in [-0.39, 0.29) is 0 Å². The molecule has 0 spiro atoms. The van der Waals surface area contributed by atoms with Crippen molar-refractivity contribution >= 4 is 51.2 Å². The van der Waals surface area contributed by atoms with Crippen LogP contribution in [0.5, 0.6) is 0 Å². The summed E-state index contributed by atoms with van der Waals surface area (Å²) in [6, 6.07) is 63.8. The summed E-state index contributed by atoms with van der Waals surface area (Å²) in [5, 5.41) is 3.49. The van der Waals surface area contributed by atoms with Crippen molar-refractivity contribution in [2.75, 3.05) is 0 Å². The van der Waals surface area contributed by atoms with Crippen LogP contribution < -0.4 is 0 Å². The minimum absolute atomic E-state index is 0.693. The number of fused-ring (bicyclic) bond motifs is 4. The van der Waals surface area contributed by atoms with E-state index in [4.69, 9.17) is 9.97 Å². The number of benzene rings is 7. The standard InChI is InChI=1S/C52H37N5/c1-3-16-48-50(53-2)44-32-29-38(41-24-15-25-43-42-23-13-14-26-47(42)57(51(41)43)39-21-11-6-12-22-39)33-49(44)56(48)40-30-27-36(28-31-40)46-34-45(35-17-7-4-8-18-35)54-52(55-46)37-19-9-5-10-20-37/h3-34H,2H2,1H3/b16-3-. The van der Waals surface area contributed by atoms with Gasteiger partial charge in [-0.25, -0.2) is 9.97 Å². The lowest BCUT2D eigenvalue weighted by atomic mass is 10.0. The maximum Gasteiger partial charge on any atom is 0.160 e. The third-order valence-electron chi connectivity index (χ3n) is 10.7. The molecule has 0 aliphatic rings. The van der Waals surface area contributed by atoms with Gasteiger partial charge in [0.05, 0.1) is 39.3 Å². The summed E-state index contributed by atoms with van der Waals surface area (Å²) < 4.78 is 4.69. The molecular weight excluding hydrogens is 695 g/mol. The van der Waals surface area contributed by atoms with Crippen LogP contribution in [0.25, 0.3) is 95.2 Å². The summed E-state index contributed by atoms with van der Waals surface area (Å²) in [6.45, 7) is 6.07. The van der Waals surface area contributed by atoms with Gasteiger partial charge in [-0.1, -0.05) is 140 Å². The Morgan fingerprint density at radius 3 is 1.79 bits per heavy atom. The quantitative estimate of drug-likeness (QED) is 0.146. The van der Waals surface area contributed by atoms with Crippen molar-refractivity contribution in [3.8, 4) is 56.4 Å². The van der Waals surface area contributed by atoms with Gasteiger partial charge in [0.15, 0.2) is 5.82 Å². The summed E-state index contributed by atoms with van der Waals surface area (Å²) in [5.74, 6) is 0.693. The van der Waals surface area contributed by atoms with Crippen LogP contribution in [0.3, 0.4) is 0 Å². The summed E-state index contributed by atoms with van der Waals surface area (Å²) in [6.07, 6.45) is 4.18. The Morgan fingerprint density at radius 2 is 1.09 bits per heavy atom. The Kier molecular flexibility index (Phi) is 8.46. The van der Waals surface area contributed by atoms with E-state index in [9.17, 15) is 0 Å². The second-order valence-corrected chi connectivity index (χ2v) is 14.1. The minimum Gasteiger partial charge on any atom is -0.309 e. The highest BCUT2D eigenvalue weighted by molar-refractivity contribution is 6.14. The second-order valence-electron chi connectivity index (χ2n) is 14.1. The maximum absolute atomic E-state index is 5.08. The van der Waals surface area contributed by atoms with Crippen molar-refractivity contribution in [3.05, 3.63) is 194 Å². The zero-order chi connectivity index (χ0) is 38.3. The SMILES string of the molecule is C=Nc1c(/C=C\C)n(-c2ccc(-c3cc(-c4ccccc4)nc(-c4ccccc4)n3)cc2)c2cc(-c3cccc4c5ccccc5n(-c5ccccc5)c34)ccc12. The molecule has 0 radical (unpaired) electrons. The van der Waals surface area contributed by atoms with Crippen LogP contribution in [0.15, 0.2) is 193 Å². The molecule has 0 bridgehead atoms. The molecule has 0 fully saturated rings. The van der Waals surface area contributed by atoms with Crippen LogP contribution >= 0.6 is 0 Å². The molecule has 3 heterocycles. The lowest BCUT2D eigenvalue weighted by molar-refractivity contribution is 1.10. The molecule has 10 rings (SSSR count). The molecule has 0 aliphatic heterocycles. The summed E-state index contributed by atoms with van der Waals surface area (Å²) in [5.41, 5.74) is 14.4. The van der Waals surface area contributed by atoms with Crippen molar-refractivity contribution in [2.24, 2.45) is 4.99 Å². The van der Waals surface area contributed by atoms with Crippen LogP contribution in [-0.4, -0.2) is 25.8 Å². The molecule has 7 aromatic carbocycles. The molecule has 0 unspecified atom stereocenters. The number of nitrogens with zero attached hydrogens (tertiary/aromatic N) is 5. The summed E-state index contributed by atoms with van der Waals surface area (Å²) in [7, 11) is 0. The third-order valence-corrected chi connectivity index (χ3v) is 10.7. The zero-order valence-electron chi connectivity index (χ0n) is 31.4. The highest BCUT2D eigenvalue weighted by atomic mass is 15.0. The van der Waals surface area contributed by atoms with Crippen LogP contribution in [0.1, 0.15) is 12.6 Å². The van der Waals surface area contributed by atoms with Crippen molar-refractivity contribution in [1.82, 2.24) is 19.1 Å². The molecule has 0 saturated heterocycles. The van der Waals surface area contributed by atoms with E-state index < -0.39 is 0 Å². The van der Waals surface area contributed by atoms with E-state index in [2.05, 4.69) is 179 Å². The number of aromatic nitrogens is 4. The largest absolute Gasteiger partial charge is 0.309 e. The first-order chi connectivity index (χ1) is 28.2. The van der Waals surface area contributed by atoms with Gasteiger partial charge < -0.3 is 9.13 Å². The summed E-state index contributed by atoms with van der Waals surface area (Å²) in [4.78, 5) is 14.7. The predicted molar refractivity (Wildman–Crippen MR) is 239 cm³/mol. The highest BCUT2D eigenvalue weighted by Gasteiger charge is 2.20. The molecule has 57 heavy (non-hydrogen) atoms. The van der Waals surface area contributed by atoms with Gasteiger partial charge in [0, 0.05) is 49.8 Å². The van der Waals surface area contributed by atoms with Crippen molar-refractivity contribution < 1.29 is 0 Å². The first-order valence-corrected chi connectivity index (χ1v) is 19.2. The molecule has 5 heteroatoms. The fraction of sp³-hybridized carbons (Fsp3) is 0.0192. The van der Waals surface area contributed by atoms with E-state index >= 15 is 0 Å². The first-order valence-electron chi connectivity index (χ1n) is 19.2. The number of hydrogen-bond donors (Lipinski definition) is 0. The molecule has 0 aliphatic carbocycles. The van der Waals surface area contributed by atoms with Gasteiger partial charge in [-0.3, -0.25) is 4.99 Å². The lowest BCUT2D eigenvalue weighted by Gasteiger charge is -2.13. The van der Waals surface area contributed by atoms with Gasteiger partial charge in [0.1, 0.15) is 0 Å². The predicted octanol–water partition coefficient (Wildman–Crippen LogP) is 13.6. The van der Waals surface area contributed by atoms with Crippen molar-refractivity contribution in [2.45, 2.75) is 6.92 Å². The minimum atomic E-state index is 0.693. The molecule has 3 aromatic heterocycles. The molecule has 0 atom stereocenters. The molecule has 10 aromatic rings. The number of rotatable bonds is 8. The Bertz CT molecular complexity index is 3060. The fourth-order valence-electron chi connectivity index (χ4n) is 8.16. The van der Waals surface area contributed by atoms with Gasteiger partial charge in [0.25, 0.3) is 0 Å². The monoisotopic (exact) mass is 731 g/mol. The van der Waals surface area contributed by atoms with Gasteiger partial charge in [-0.2, -0.15) is 0 Å². The molecule has 0 saturated carbocycles. The Morgan fingerprint density at radius 1 is 0.491 bits per heavy atom. The third kappa shape index (κ3) is 5.85. The van der Waals surface area contributed by atoms with Crippen molar-refractivity contribution in [1.29, 1.82) is 0 Å². The highest BCUT2D eigenvalue weighted by Crippen LogP contribution is 2.42. The van der Waals surface area contributed by atoms with Crippen LogP contribution in [-0.2, 0) is 0 Å². The first kappa shape index (κ1) is 33.9.